The molecule has 2 fully saturated rings. The molecule has 1 atom stereocenters. The van der Waals surface area contributed by atoms with Crippen molar-refractivity contribution >= 4 is 11.8 Å². The van der Waals surface area contributed by atoms with Crippen molar-refractivity contribution in [3.63, 3.8) is 0 Å². The van der Waals surface area contributed by atoms with Crippen LogP contribution in [0.15, 0.2) is 18.2 Å². The van der Waals surface area contributed by atoms with Crippen LogP contribution >= 0.6 is 0 Å². The maximum atomic E-state index is 13.8. The normalized spacial score (nSPS) is 22.3. The summed E-state index contributed by atoms with van der Waals surface area (Å²) in [5, 5.41) is 6.13. The molecule has 0 spiro atoms. The molecule has 2 N–H and O–H groups in total. The van der Waals surface area contributed by atoms with E-state index in [2.05, 4.69) is 29.4 Å². The summed E-state index contributed by atoms with van der Waals surface area (Å²) in [5.74, 6) is -0.278. The minimum absolute atomic E-state index is 0.0112. The van der Waals surface area contributed by atoms with Gasteiger partial charge in [-0.3, -0.25) is 14.5 Å². The average Bonchev–Trinajstić information content (AvgIpc) is 3.13. The number of methoxy groups -OCH3 is 1. The van der Waals surface area contributed by atoms with Crippen LogP contribution in [-0.2, 0) is 20.7 Å². The van der Waals surface area contributed by atoms with Gasteiger partial charge in [0, 0.05) is 43.6 Å². The summed E-state index contributed by atoms with van der Waals surface area (Å²) in [6.07, 6.45) is 2.46. The lowest BCUT2D eigenvalue weighted by Gasteiger charge is -2.41. The Hall–Kier alpha value is -2.19. The molecule has 1 aromatic rings. The largest absolute Gasteiger partial charge is 0.494 e. The van der Waals surface area contributed by atoms with Gasteiger partial charge in [-0.05, 0) is 50.8 Å². The molecule has 0 aromatic heterocycles. The number of ether oxygens (including phenoxy) is 2. The Labute approximate surface area is 183 Å². The van der Waals surface area contributed by atoms with Crippen molar-refractivity contribution in [1.82, 2.24) is 15.5 Å². The number of amides is 2. The van der Waals surface area contributed by atoms with Gasteiger partial charge in [0.2, 0.25) is 11.8 Å². The Morgan fingerprint density at radius 1 is 1.35 bits per heavy atom. The number of nitrogens with one attached hydrogen (secondary N) is 2. The van der Waals surface area contributed by atoms with Crippen molar-refractivity contribution < 1.29 is 23.5 Å². The molecule has 8 heteroatoms. The number of hydrogen-bond acceptors (Lipinski definition) is 5. The van der Waals surface area contributed by atoms with Crippen molar-refractivity contribution in [3.8, 4) is 5.75 Å². The molecule has 2 saturated heterocycles. The van der Waals surface area contributed by atoms with Gasteiger partial charge in [0.15, 0.2) is 11.6 Å². The Bertz CT molecular complexity index is 795. The second-order valence-electron chi connectivity index (χ2n) is 9.16. The van der Waals surface area contributed by atoms with Gasteiger partial charge < -0.3 is 20.1 Å². The average molecular weight is 436 g/mol. The number of carbonyl (C=O) groups excluding carboxylic acids is 2. The van der Waals surface area contributed by atoms with Crippen LogP contribution in [0.1, 0.15) is 45.1 Å². The highest BCUT2D eigenvalue weighted by atomic mass is 19.1. The van der Waals surface area contributed by atoms with E-state index in [1.807, 2.05) is 0 Å². The standard InChI is InChI=1S/C23H34FN3O4/c1-22(2,27-10-12-31-13-11-27)16-25-20(28)6-8-23(9-7-21(29)26-23)15-17-4-5-18(24)19(14-17)30-3/h4-5,14H,6-13,15-16H2,1-3H3,(H,25,28)(H,26,29). The van der Waals surface area contributed by atoms with Gasteiger partial charge in [-0.25, -0.2) is 4.39 Å². The highest BCUT2D eigenvalue weighted by molar-refractivity contribution is 5.80. The summed E-state index contributed by atoms with van der Waals surface area (Å²) >= 11 is 0. The first-order valence-corrected chi connectivity index (χ1v) is 11.0. The van der Waals surface area contributed by atoms with E-state index in [1.54, 1.807) is 12.1 Å². The highest BCUT2D eigenvalue weighted by Crippen LogP contribution is 2.31. The van der Waals surface area contributed by atoms with E-state index in [0.29, 0.717) is 51.9 Å². The molecule has 0 bridgehead atoms. The van der Waals surface area contributed by atoms with Crippen LogP contribution in [-0.4, -0.2) is 67.7 Å². The maximum absolute atomic E-state index is 13.8. The Balaban J connectivity index is 1.57. The van der Waals surface area contributed by atoms with Crippen molar-refractivity contribution in [2.24, 2.45) is 0 Å². The summed E-state index contributed by atoms with van der Waals surface area (Å²) in [7, 11) is 1.43. The molecular weight excluding hydrogens is 401 g/mol. The molecule has 2 aliphatic heterocycles. The van der Waals surface area contributed by atoms with Gasteiger partial charge in [-0.1, -0.05) is 6.07 Å². The molecule has 172 valence electrons. The Morgan fingerprint density at radius 2 is 2.10 bits per heavy atom. The van der Waals surface area contributed by atoms with Crippen LogP contribution in [0.2, 0.25) is 0 Å². The lowest BCUT2D eigenvalue weighted by Crippen LogP contribution is -2.55. The lowest BCUT2D eigenvalue weighted by molar-refractivity contribution is -0.123. The summed E-state index contributed by atoms with van der Waals surface area (Å²) in [5.41, 5.74) is 0.217. The lowest BCUT2D eigenvalue weighted by atomic mass is 9.85. The first kappa shape index (κ1) is 23.5. The molecule has 0 aliphatic carbocycles. The van der Waals surface area contributed by atoms with Gasteiger partial charge in [0.25, 0.3) is 0 Å². The number of halogens is 1. The van der Waals surface area contributed by atoms with E-state index in [1.165, 1.54) is 13.2 Å². The number of morpholine rings is 1. The minimum atomic E-state index is -0.503. The zero-order valence-corrected chi connectivity index (χ0v) is 18.8. The van der Waals surface area contributed by atoms with Crippen LogP contribution in [0, 0.1) is 5.82 Å². The Morgan fingerprint density at radius 3 is 2.74 bits per heavy atom. The van der Waals surface area contributed by atoms with Crippen LogP contribution in [0.3, 0.4) is 0 Å². The molecule has 2 aliphatic rings. The zero-order chi connectivity index (χ0) is 22.5. The molecule has 2 amide bonds. The number of benzene rings is 1. The van der Waals surface area contributed by atoms with Gasteiger partial charge in [0.05, 0.1) is 20.3 Å². The molecular formula is C23H34FN3O4. The van der Waals surface area contributed by atoms with E-state index in [9.17, 15) is 14.0 Å². The van der Waals surface area contributed by atoms with Crippen LogP contribution in [0.4, 0.5) is 4.39 Å². The third-order valence-electron chi connectivity index (χ3n) is 6.41. The van der Waals surface area contributed by atoms with Crippen LogP contribution in [0.5, 0.6) is 5.75 Å². The number of carbonyl (C=O) groups is 2. The molecule has 7 nitrogen and oxygen atoms in total. The first-order valence-electron chi connectivity index (χ1n) is 11.0. The smallest absolute Gasteiger partial charge is 0.220 e. The molecule has 31 heavy (non-hydrogen) atoms. The second kappa shape index (κ2) is 9.96. The van der Waals surface area contributed by atoms with E-state index in [0.717, 1.165) is 18.7 Å². The van der Waals surface area contributed by atoms with Crippen molar-refractivity contribution in [2.45, 2.75) is 57.0 Å². The summed E-state index contributed by atoms with van der Waals surface area (Å²) in [6.45, 7) is 7.96. The fourth-order valence-corrected chi connectivity index (χ4v) is 4.42. The predicted octanol–water partition coefficient (Wildman–Crippen LogP) is 2.03. The zero-order valence-electron chi connectivity index (χ0n) is 18.8. The van der Waals surface area contributed by atoms with Crippen LogP contribution in [0.25, 0.3) is 0 Å². The number of nitrogens with zero attached hydrogens (tertiary/aromatic N) is 1. The maximum Gasteiger partial charge on any atom is 0.220 e. The topological polar surface area (TPSA) is 79.9 Å². The predicted molar refractivity (Wildman–Crippen MR) is 115 cm³/mol. The second-order valence-corrected chi connectivity index (χ2v) is 9.16. The molecule has 0 radical (unpaired) electrons. The van der Waals surface area contributed by atoms with Gasteiger partial charge in [0.1, 0.15) is 0 Å². The first-order chi connectivity index (χ1) is 14.7. The third-order valence-corrected chi connectivity index (χ3v) is 6.41. The highest BCUT2D eigenvalue weighted by Gasteiger charge is 2.38. The van der Waals surface area contributed by atoms with Crippen LogP contribution < -0.4 is 15.4 Å². The van der Waals surface area contributed by atoms with Gasteiger partial charge >= 0.3 is 0 Å². The molecule has 1 aromatic carbocycles. The van der Waals surface area contributed by atoms with Gasteiger partial charge in [-0.2, -0.15) is 0 Å². The molecule has 3 rings (SSSR count). The SMILES string of the molecule is COc1cc(CC2(CCC(=O)NCC(C)(C)N3CCOCC3)CCC(=O)N2)ccc1F. The summed E-state index contributed by atoms with van der Waals surface area (Å²) in [4.78, 5) is 26.9. The molecule has 0 saturated carbocycles. The van der Waals surface area contributed by atoms with Crippen molar-refractivity contribution in [3.05, 3.63) is 29.6 Å². The fraction of sp³-hybridized carbons (Fsp3) is 0.652. The monoisotopic (exact) mass is 435 g/mol. The fourth-order valence-electron chi connectivity index (χ4n) is 4.42. The quantitative estimate of drug-likeness (QED) is 0.621. The molecule has 2 heterocycles. The van der Waals surface area contributed by atoms with Crippen molar-refractivity contribution in [2.75, 3.05) is 40.0 Å². The number of hydrogen-bond donors (Lipinski definition) is 2. The summed E-state index contributed by atoms with van der Waals surface area (Å²) in [6, 6.07) is 4.74. The summed E-state index contributed by atoms with van der Waals surface area (Å²) < 4.78 is 24.2. The van der Waals surface area contributed by atoms with Crippen molar-refractivity contribution in [1.29, 1.82) is 0 Å². The van der Waals surface area contributed by atoms with E-state index < -0.39 is 11.4 Å². The van der Waals surface area contributed by atoms with E-state index >= 15 is 0 Å². The number of rotatable bonds is 9. The molecule has 1 unspecified atom stereocenters. The Kier molecular flexibility index (Phi) is 7.54. The third kappa shape index (κ3) is 6.17. The van der Waals surface area contributed by atoms with Gasteiger partial charge in [-0.15, -0.1) is 0 Å². The minimum Gasteiger partial charge on any atom is -0.494 e. The van der Waals surface area contributed by atoms with E-state index in [4.69, 9.17) is 9.47 Å². The van der Waals surface area contributed by atoms with E-state index in [-0.39, 0.29) is 23.1 Å².